The molecule has 0 spiro atoms. The summed E-state index contributed by atoms with van der Waals surface area (Å²) in [7, 11) is 0. The van der Waals surface area contributed by atoms with E-state index in [9.17, 15) is 4.79 Å². The highest BCUT2D eigenvalue weighted by Gasteiger charge is 2.08. The fourth-order valence-electron chi connectivity index (χ4n) is 0.703. The van der Waals surface area contributed by atoms with Gasteiger partial charge in [0.05, 0.1) is 19.0 Å². The Hall–Kier alpha value is -0.260. The molecule has 0 aliphatic heterocycles. The average Bonchev–Trinajstić information content (AvgIpc) is 2.03. The fraction of sp³-hybridized carbons (Fsp3) is 0.833. The highest BCUT2D eigenvalue weighted by molar-refractivity contribution is 7.81. The largest absolute Gasteiger partial charge is 0.395 e. The average molecular weight is 179 g/mol. The summed E-state index contributed by atoms with van der Waals surface area (Å²) in [5.41, 5.74) is 0. The predicted octanol–water partition coefficient (Wildman–Crippen LogP) is -1.27. The number of amides is 1. The maximum atomic E-state index is 10.9. The van der Waals surface area contributed by atoms with E-state index in [1.54, 1.807) is 0 Å². The molecule has 0 aromatic rings. The highest BCUT2D eigenvalue weighted by Crippen LogP contribution is 1.90. The van der Waals surface area contributed by atoms with E-state index in [1.165, 1.54) is 4.90 Å². The number of hydrogen-bond donors (Lipinski definition) is 3. The topological polar surface area (TPSA) is 60.8 Å². The zero-order chi connectivity index (χ0) is 8.69. The molecular formula is C6H13NO3S. The summed E-state index contributed by atoms with van der Waals surface area (Å²) in [6.07, 6.45) is 0. The minimum Gasteiger partial charge on any atom is -0.395 e. The predicted molar refractivity (Wildman–Crippen MR) is 44.6 cm³/mol. The Balaban J connectivity index is 3.76. The van der Waals surface area contributed by atoms with Gasteiger partial charge in [-0.05, 0) is 0 Å². The molecule has 0 fully saturated rings. The van der Waals surface area contributed by atoms with Crippen molar-refractivity contribution in [3.8, 4) is 0 Å². The lowest BCUT2D eigenvalue weighted by molar-refractivity contribution is -0.129. The van der Waals surface area contributed by atoms with Crippen LogP contribution in [0.3, 0.4) is 0 Å². The number of hydrogen-bond acceptors (Lipinski definition) is 4. The van der Waals surface area contributed by atoms with Gasteiger partial charge in [0.25, 0.3) is 0 Å². The van der Waals surface area contributed by atoms with E-state index < -0.39 is 0 Å². The Morgan fingerprint density at radius 3 is 2.00 bits per heavy atom. The SMILES string of the molecule is O=C(CS)N(CCO)CCO. The van der Waals surface area contributed by atoms with Crippen LogP contribution in [0.4, 0.5) is 0 Å². The summed E-state index contributed by atoms with van der Waals surface area (Å²) < 4.78 is 0. The lowest BCUT2D eigenvalue weighted by Gasteiger charge is -2.19. The van der Waals surface area contributed by atoms with Gasteiger partial charge >= 0.3 is 0 Å². The van der Waals surface area contributed by atoms with Crippen LogP contribution < -0.4 is 0 Å². The molecule has 0 unspecified atom stereocenters. The summed E-state index contributed by atoms with van der Waals surface area (Å²) in [6, 6.07) is 0. The number of nitrogens with zero attached hydrogens (tertiary/aromatic N) is 1. The molecule has 1 amide bonds. The van der Waals surface area contributed by atoms with Crippen molar-refractivity contribution in [3.05, 3.63) is 0 Å². The van der Waals surface area contributed by atoms with Crippen LogP contribution in [0, 0.1) is 0 Å². The van der Waals surface area contributed by atoms with E-state index in [4.69, 9.17) is 10.2 Å². The van der Waals surface area contributed by atoms with Gasteiger partial charge in [-0.15, -0.1) is 0 Å². The first-order chi connectivity index (χ1) is 5.26. The van der Waals surface area contributed by atoms with E-state index in [-0.39, 0.29) is 38.0 Å². The minimum atomic E-state index is -0.170. The second-order valence-corrected chi connectivity index (χ2v) is 2.30. The normalized spacial score (nSPS) is 9.73. The summed E-state index contributed by atoms with van der Waals surface area (Å²) in [5, 5.41) is 17.0. The smallest absolute Gasteiger partial charge is 0.232 e. The number of thiol groups is 1. The van der Waals surface area contributed by atoms with Gasteiger partial charge in [-0.2, -0.15) is 12.6 Å². The van der Waals surface area contributed by atoms with Gasteiger partial charge in [-0.3, -0.25) is 4.79 Å². The Morgan fingerprint density at radius 2 is 1.73 bits per heavy atom. The maximum absolute atomic E-state index is 10.9. The number of aliphatic hydroxyl groups is 2. The molecule has 2 N–H and O–H groups in total. The number of rotatable bonds is 5. The zero-order valence-electron chi connectivity index (χ0n) is 6.23. The molecule has 0 saturated heterocycles. The number of aliphatic hydroxyl groups excluding tert-OH is 2. The Labute approximate surface area is 71.2 Å². The van der Waals surface area contributed by atoms with Crippen molar-refractivity contribution in [3.63, 3.8) is 0 Å². The molecular weight excluding hydrogens is 166 g/mol. The number of carbonyl (C=O) groups excluding carboxylic acids is 1. The first kappa shape index (κ1) is 10.7. The fourth-order valence-corrected chi connectivity index (χ4v) is 0.903. The van der Waals surface area contributed by atoms with Gasteiger partial charge in [0, 0.05) is 13.1 Å². The Kier molecular flexibility index (Phi) is 6.30. The monoisotopic (exact) mass is 179 g/mol. The maximum Gasteiger partial charge on any atom is 0.232 e. The third kappa shape index (κ3) is 4.23. The van der Waals surface area contributed by atoms with Crippen LogP contribution in [-0.4, -0.2) is 53.1 Å². The second-order valence-electron chi connectivity index (χ2n) is 1.99. The van der Waals surface area contributed by atoms with E-state index in [2.05, 4.69) is 12.6 Å². The molecule has 4 nitrogen and oxygen atoms in total. The van der Waals surface area contributed by atoms with Crippen molar-refractivity contribution in [2.75, 3.05) is 32.1 Å². The van der Waals surface area contributed by atoms with Gasteiger partial charge in [0.15, 0.2) is 0 Å². The molecule has 0 bridgehead atoms. The molecule has 0 aliphatic carbocycles. The van der Waals surface area contributed by atoms with Gasteiger partial charge in [-0.25, -0.2) is 0 Å². The van der Waals surface area contributed by atoms with Crippen molar-refractivity contribution in [2.45, 2.75) is 0 Å². The van der Waals surface area contributed by atoms with Crippen LogP contribution in [0.2, 0.25) is 0 Å². The van der Waals surface area contributed by atoms with E-state index in [1.807, 2.05) is 0 Å². The third-order valence-electron chi connectivity index (χ3n) is 1.23. The molecule has 0 heterocycles. The zero-order valence-corrected chi connectivity index (χ0v) is 7.13. The quantitative estimate of drug-likeness (QED) is 0.461. The summed E-state index contributed by atoms with van der Waals surface area (Å²) in [4.78, 5) is 12.3. The Bertz CT molecular complexity index is 114. The molecule has 5 heteroatoms. The van der Waals surface area contributed by atoms with Crippen molar-refractivity contribution in [1.82, 2.24) is 4.90 Å². The van der Waals surface area contributed by atoms with Crippen molar-refractivity contribution < 1.29 is 15.0 Å². The lowest BCUT2D eigenvalue weighted by Crippen LogP contribution is -2.36. The molecule has 0 aliphatic rings. The summed E-state index contributed by atoms with van der Waals surface area (Å²) >= 11 is 3.79. The second kappa shape index (κ2) is 6.45. The van der Waals surface area contributed by atoms with Gasteiger partial charge in [-0.1, -0.05) is 0 Å². The lowest BCUT2D eigenvalue weighted by atomic mass is 10.4. The molecule has 0 aromatic carbocycles. The molecule has 11 heavy (non-hydrogen) atoms. The first-order valence-electron chi connectivity index (χ1n) is 3.36. The van der Waals surface area contributed by atoms with Crippen LogP contribution in [0.1, 0.15) is 0 Å². The third-order valence-corrected chi connectivity index (χ3v) is 1.50. The van der Waals surface area contributed by atoms with E-state index in [0.717, 1.165) is 0 Å². The minimum absolute atomic E-state index is 0.0838. The van der Waals surface area contributed by atoms with Gasteiger partial charge in [0.1, 0.15) is 0 Å². The van der Waals surface area contributed by atoms with E-state index >= 15 is 0 Å². The van der Waals surface area contributed by atoms with Crippen LogP contribution >= 0.6 is 12.6 Å². The van der Waals surface area contributed by atoms with Crippen LogP contribution in [0.25, 0.3) is 0 Å². The molecule has 0 aromatic heterocycles. The standard InChI is InChI=1S/C6H13NO3S/c8-3-1-7(2-4-9)6(10)5-11/h8-9,11H,1-5H2. The summed E-state index contributed by atoms with van der Waals surface area (Å²) in [5.74, 6) is -0.0589. The van der Waals surface area contributed by atoms with Gasteiger partial charge in [0.2, 0.25) is 5.91 Å². The van der Waals surface area contributed by atoms with Crippen molar-refractivity contribution in [1.29, 1.82) is 0 Å². The molecule has 66 valence electrons. The van der Waals surface area contributed by atoms with Crippen molar-refractivity contribution in [2.24, 2.45) is 0 Å². The molecule has 0 rings (SSSR count). The van der Waals surface area contributed by atoms with E-state index in [0.29, 0.717) is 0 Å². The Morgan fingerprint density at radius 1 is 1.27 bits per heavy atom. The molecule has 0 saturated carbocycles. The highest BCUT2D eigenvalue weighted by atomic mass is 32.1. The first-order valence-corrected chi connectivity index (χ1v) is 3.99. The van der Waals surface area contributed by atoms with Gasteiger partial charge < -0.3 is 15.1 Å². The van der Waals surface area contributed by atoms with Crippen LogP contribution in [0.15, 0.2) is 0 Å². The van der Waals surface area contributed by atoms with Crippen molar-refractivity contribution >= 4 is 18.5 Å². The van der Waals surface area contributed by atoms with Crippen LogP contribution in [-0.2, 0) is 4.79 Å². The molecule has 0 radical (unpaired) electrons. The molecule has 0 atom stereocenters. The number of carbonyl (C=O) groups is 1. The van der Waals surface area contributed by atoms with Crippen LogP contribution in [0.5, 0.6) is 0 Å². The summed E-state index contributed by atoms with van der Waals surface area (Å²) in [6.45, 7) is 0.360.